The van der Waals surface area contributed by atoms with Crippen LogP contribution in [0.5, 0.6) is 0 Å². The van der Waals surface area contributed by atoms with E-state index in [0.717, 1.165) is 12.0 Å². The molecule has 0 atom stereocenters. The first kappa shape index (κ1) is 16.9. The van der Waals surface area contributed by atoms with E-state index in [1.165, 1.54) is 10.6 Å². The van der Waals surface area contributed by atoms with Crippen molar-refractivity contribution in [3.8, 4) is 0 Å². The molecule has 0 spiro atoms. The maximum Gasteiger partial charge on any atom is 0.273 e. The van der Waals surface area contributed by atoms with Gasteiger partial charge in [0, 0.05) is 26.0 Å². The summed E-state index contributed by atoms with van der Waals surface area (Å²) in [5, 5.41) is 12.4. The molecule has 0 saturated heterocycles. The van der Waals surface area contributed by atoms with Gasteiger partial charge in [0.15, 0.2) is 0 Å². The summed E-state index contributed by atoms with van der Waals surface area (Å²) in [7, 11) is 1.55. The van der Waals surface area contributed by atoms with Crippen molar-refractivity contribution in [3.05, 3.63) is 47.7 Å². The zero-order valence-electron chi connectivity index (χ0n) is 14.4. The molecule has 2 aromatic rings. The SMILES string of the molecule is CCc1ccc(Cn2nccc2NC(=O)C2=NN(C)C(=O)CC2)cc1. The highest BCUT2D eigenvalue weighted by molar-refractivity contribution is 6.43. The molecule has 7 heteroatoms. The number of carbonyl (C=O) groups excluding carboxylic acids is 2. The number of amides is 2. The third-order valence-corrected chi connectivity index (χ3v) is 4.19. The van der Waals surface area contributed by atoms with Gasteiger partial charge in [-0.1, -0.05) is 31.2 Å². The van der Waals surface area contributed by atoms with E-state index >= 15 is 0 Å². The zero-order chi connectivity index (χ0) is 17.8. The van der Waals surface area contributed by atoms with Crippen LogP contribution in [0.4, 0.5) is 5.82 Å². The molecule has 0 radical (unpaired) electrons. The number of anilines is 1. The second-order valence-corrected chi connectivity index (χ2v) is 5.96. The lowest BCUT2D eigenvalue weighted by Gasteiger charge is -2.19. The van der Waals surface area contributed by atoms with Crippen molar-refractivity contribution in [3.63, 3.8) is 0 Å². The molecule has 0 fully saturated rings. The molecule has 1 N–H and O–H groups in total. The Morgan fingerprint density at radius 2 is 1.88 bits per heavy atom. The average molecular weight is 339 g/mol. The van der Waals surface area contributed by atoms with Crippen molar-refractivity contribution in [2.45, 2.75) is 32.7 Å². The fourth-order valence-electron chi connectivity index (χ4n) is 2.64. The molecule has 0 saturated carbocycles. The van der Waals surface area contributed by atoms with Crippen LogP contribution in [-0.4, -0.2) is 39.4 Å². The lowest BCUT2D eigenvalue weighted by molar-refractivity contribution is -0.130. The summed E-state index contributed by atoms with van der Waals surface area (Å²) in [5.41, 5.74) is 2.74. The largest absolute Gasteiger partial charge is 0.306 e. The molecule has 130 valence electrons. The van der Waals surface area contributed by atoms with Gasteiger partial charge >= 0.3 is 0 Å². The van der Waals surface area contributed by atoms with Crippen molar-refractivity contribution in [1.29, 1.82) is 0 Å². The second kappa shape index (κ2) is 7.29. The molecule has 3 rings (SSSR count). The van der Waals surface area contributed by atoms with Gasteiger partial charge in [0.2, 0.25) is 5.91 Å². The van der Waals surface area contributed by atoms with Crippen LogP contribution in [-0.2, 0) is 22.6 Å². The predicted octanol–water partition coefficient (Wildman–Crippen LogP) is 2.04. The van der Waals surface area contributed by atoms with Gasteiger partial charge in [-0.25, -0.2) is 9.69 Å². The van der Waals surface area contributed by atoms with Crippen molar-refractivity contribution in [2.75, 3.05) is 12.4 Å². The predicted molar refractivity (Wildman–Crippen MR) is 95.2 cm³/mol. The summed E-state index contributed by atoms with van der Waals surface area (Å²) in [6.07, 6.45) is 3.30. The Morgan fingerprint density at radius 1 is 1.16 bits per heavy atom. The summed E-state index contributed by atoms with van der Waals surface area (Å²) in [6, 6.07) is 10.1. The van der Waals surface area contributed by atoms with E-state index in [9.17, 15) is 9.59 Å². The van der Waals surface area contributed by atoms with Crippen LogP contribution in [0.25, 0.3) is 0 Å². The van der Waals surface area contributed by atoms with Gasteiger partial charge < -0.3 is 5.32 Å². The van der Waals surface area contributed by atoms with Gasteiger partial charge in [-0.3, -0.25) is 9.59 Å². The fourth-order valence-corrected chi connectivity index (χ4v) is 2.64. The Kier molecular flexibility index (Phi) is 4.92. The maximum absolute atomic E-state index is 12.4. The number of aryl methyl sites for hydroxylation is 1. The highest BCUT2D eigenvalue weighted by atomic mass is 16.2. The summed E-state index contributed by atoms with van der Waals surface area (Å²) < 4.78 is 1.73. The Balaban J connectivity index is 1.70. The highest BCUT2D eigenvalue weighted by Gasteiger charge is 2.22. The minimum Gasteiger partial charge on any atom is -0.306 e. The number of nitrogens with zero attached hydrogens (tertiary/aromatic N) is 4. The molecule has 1 aliphatic heterocycles. The molecule has 1 aromatic carbocycles. The molecular formula is C18H21N5O2. The monoisotopic (exact) mass is 339 g/mol. The quantitative estimate of drug-likeness (QED) is 0.905. The Bertz CT molecular complexity index is 807. The van der Waals surface area contributed by atoms with Crippen molar-refractivity contribution in [2.24, 2.45) is 5.10 Å². The first-order valence-electron chi connectivity index (χ1n) is 8.32. The van der Waals surface area contributed by atoms with Gasteiger partial charge in [-0.05, 0) is 17.5 Å². The number of aromatic nitrogens is 2. The highest BCUT2D eigenvalue weighted by Crippen LogP contribution is 2.13. The molecule has 1 aliphatic rings. The number of nitrogens with one attached hydrogen (secondary N) is 1. The summed E-state index contributed by atoms with van der Waals surface area (Å²) in [4.78, 5) is 23.8. The first-order chi connectivity index (χ1) is 12.1. The standard InChI is InChI=1S/C18H21N5O2/c1-3-13-4-6-14(7-5-13)12-23-16(10-11-19-23)20-18(25)15-8-9-17(24)22(2)21-15/h4-7,10-11H,3,8-9,12H2,1-2H3,(H,20,25). The minimum absolute atomic E-state index is 0.0860. The Hall–Kier alpha value is -2.96. The third-order valence-electron chi connectivity index (χ3n) is 4.19. The first-order valence-corrected chi connectivity index (χ1v) is 8.32. The van der Waals surface area contributed by atoms with Crippen LogP contribution in [0, 0.1) is 0 Å². The second-order valence-electron chi connectivity index (χ2n) is 5.96. The molecule has 7 nitrogen and oxygen atoms in total. The number of hydrogen-bond donors (Lipinski definition) is 1. The number of benzene rings is 1. The molecule has 0 bridgehead atoms. The topological polar surface area (TPSA) is 79.6 Å². The van der Waals surface area contributed by atoms with E-state index in [1.54, 1.807) is 24.0 Å². The van der Waals surface area contributed by atoms with Crippen LogP contribution in [0.15, 0.2) is 41.6 Å². The van der Waals surface area contributed by atoms with Crippen LogP contribution in [0.2, 0.25) is 0 Å². The smallest absolute Gasteiger partial charge is 0.273 e. The zero-order valence-corrected chi connectivity index (χ0v) is 14.4. The molecular weight excluding hydrogens is 318 g/mol. The van der Waals surface area contributed by atoms with Gasteiger partial charge in [0.05, 0.1) is 12.7 Å². The normalized spacial score (nSPS) is 14.4. The van der Waals surface area contributed by atoms with Crippen molar-refractivity contribution >= 4 is 23.3 Å². The third kappa shape index (κ3) is 3.93. The fraction of sp³-hybridized carbons (Fsp3) is 0.333. The van der Waals surface area contributed by atoms with Gasteiger partial charge in [0.1, 0.15) is 11.5 Å². The van der Waals surface area contributed by atoms with Crippen molar-refractivity contribution < 1.29 is 9.59 Å². The van der Waals surface area contributed by atoms with E-state index < -0.39 is 0 Å². The Morgan fingerprint density at radius 3 is 2.56 bits per heavy atom. The van der Waals surface area contributed by atoms with E-state index in [1.807, 2.05) is 0 Å². The lowest BCUT2D eigenvalue weighted by Crippen LogP contribution is -2.34. The van der Waals surface area contributed by atoms with E-state index in [4.69, 9.17) is 0 Å². The number of hydrogen-bond acceptors (Lipinski definition) is 4. The van der Waals surface area contributed by atoms with Crippen LogP contribution in [0.3, 0.4) is 0 Å². The summed E-state index contributed by atoms with van der Waals surface area (Å²) in [6.45, 7) is 2.69. The molecule has 1 aromatic heterocycles. The Labute approximate surface area is 146 Å². The van der Waals surface area contributed by atoms with Crippen LogP contribution < -0.4 is 5.32 Å². The molecule has 0 aliphatic carbocycles. The van der Waals surface area contributed by atoms with E-state index in [0.29, 0.717) is 30.9 Å². The maximum atomic E-state index is 12.4. The van der Waals surface area contributed by atoms with Crippen molar-refractivity contribution in [1.82, 2.24) is 14.8 Å². The number of carbonyl (C=O) groups is 2. The molecule has 0 unspecified atom stereocenters. The number of rotatable bonds is 5. The molecule has 2 amide bonds. The number of hydrazone groups is 1. The van der Waals surface area contributed by atoms with Gasteiger partial charge in [-0.15, -0.1) is 0 Å². The lowest BCUT2D eigenvalue weighted by atomic mass is 10.1. The molecule has 2 heterocycles. The minimum atomic E-state index is -0.303. The van der Waals surface area contributed by atoms with Gasteiger partial charge in [-0.2, -0.15) is 10.2 Å². The van der Waals surface area contributed by atoms with E-state index in [-0.39, 0.29) is 11.8 Å². The molecule has 25 heavy (non-hydrogen) atoms. The van der Waals surface area contributed by atoms with E-state index in [2.05, 4.69) is 46.7 Å². The summed E-state index contributed by atoms with van der Waals surface area (Å²) >= 11 is 0. The van der Waals surface area contributed by atoms with Gasteiger partial charge in [0.25, 0.3) is 5.91 Å². The average Bonchev–Trinajstić information content (AvgIpc) is 3.04. The van der Waals surface area contributed by atoms with Crippen LogP contribution in [0.1, 0.15) is 30.9 Å². The summed E-state index contributed by atoms with van der Waals surface area (Å²) in [5.74, 6) is 0.214. The van der Waals surface area contributed by atoms with Crippen LogP contribution >= 0.6 is 0 Å².